The first-order valence-corrected chi connectivity index (χ1v) is 7.35. The van der Waals surface area contributed by atoms with Crippen molar-refractivity contribution in [2.75, 3.05) is 20.2 Å². The van der Waals surface area contributed by atoms with E-state index in [1.54, 1.807) is 0 Å². The molecule has 136 valence electrons. The average molecular weight is 363 g/mol. The topological polar surface area (TPSA) is 45.1 Å². The maximum Gasteiger partial charge on any atom is 0.420 e. The van der Waals surface area contributed by atoms with E-state index >= 15 is 0 Å². The van der Waals surface area contributed by atoms with Gasteiger partial charge < -0.3 is 9.64 Å². The SMILES string of the molecule is COC1(C(F)(F)F)CN(C(=O)N2N=CC[C@H]2c2cc(F)cc(F)c2)C1. The number of ether oxygens (including phenoxy) is 1. The van der Waals surface area contributed by atoms with Crippen LogP contribution in [0.5, 0.6) is 0 Å². The Morgan fingerprint density at radius 3 is 2.36 bits per heavy atom. The lowest BCUT2D eigenvalue weighted by molar-refractivity contribution is -0.304. The first-order chi connectivity index (χ1) is 11.7. The van der Waals surface area contributed by atoms with E-state index in [-0.39, 0.29) is 12.0 Å². The van der Waals surface area contributed by atoms with Gasteiger partial charge in [0.1, 0.15) is 11.6 Å². The number of hydrazone groups is 1. The lowest BCUT2D eigenvalue weighted by Gasteiger charge is -2.49. The summed E-state index contributed by atoms with van der Waals surface area (Å²) in [5.41, 5.74) is -2.22. The lowest BCUT2D eigenvalue weighted by atomic mass is 9.93. The van der Waals surface area contributed by atoms with Gasteiger partial charge in [0.15, 0.2) is 5.60 Å². The molecular weight excluding hydrogens is 349 g/mol. The van der Waals surface area contributed by atoms with Gasteiger partial charge >= 0.3 is 12.2 Å². The summed E-state index contributed by atoms with van der Waals surface area (Å²) in [6, 6.07) is 1.26. The van der Waals surface area contributed by atoms with Gasteiger partial charge in [-0.1, -0.05) is 0 Å². The van der Waals surface area contributed by atoms with Crippen LogP contribution in [0.2, 0.25) is 0 Å². The maximum atomic E-state index is 13.4. The van der Waals surface area contributed by atoms with Gasteiger partial charge in [0.2, 0.25) is 0 Å². The van der Waals surface area contributed by atoms with Crippen LogP contribution in [0.25, 0.3) is 0 Å². The summed E-state index contributed by atoms with van der Waals surface area (Å²) < 4.78 is 70.4. The Balaban J connectivity index is 1.75. The molecule has 1 fully saturated rings. The largest absolute Gasteiger partial charge is 0.420 e. The second-order valence-electron chi connectivity index (χ2n) is 5.93. The number of likely N-dealkylation sites (tertiary alicyclic amines) is 1. The van der Waals surface area contributed by atoms with Crippen LogP contribution in [0.4, 0.5) is 26.7 Å². The average Bonchev–Trinajstić information content (AvgIpc) is 2.93. The van der Waals surface area contributed by atoms with Crippen molar-refractivity contribution in [2.24, 2.45) is 5.10 Å². The van der Waals surface area contributed by atoms with Crippen molar-refractivity contribution in [1.29, 1.82) is 0 Å². The third kappa shape index (κ3) is 2.94. The number of nitrogens with zero attached hydrogens (tertiary/aromatic N) is 3. The summed E-state index contributed by atoms with van der Waals surface area (Å²) in [6.45, 7) is -1.33. The number of amides is 2. The normalized spacial score (nSPS) is 22.2. The van der Waals surface area contributed by atoms with E-state index in [0.29, 0.717) is 6.07 Å². The van der Waals surface area contributed by atoms with E-state index < -0.39 is 48.6 Å². The molecule has 1 atom stereocenters. The second-order valence-corrected chi connectivity index (χ2v) is 5.93. The number of halogens is 5. The Labute approximate surface area is 139 Å². The van der Waals surface area contributed by atoms with Crippen LogP contribution in [0.15, 0.2) is 23.3 Å². The Bertz CT molecular complexity index is 695. The van der Waals surface area contributed by atoms with Crippen LogP contribution in [-0.2, 0) is 4.74 Å². The molecule has 2 amide bonds. The highest BCUT2D eigenvalue weighted by Gasteiger charge is 2.64. The molecule has 5 nitrogen and oxygen atoms in total. The van der Waals surface area contributed by atoms with Crippen LogP contribution < -0.4 is 0 Å². The summed E-state index contributed by atoms with van der Waals surface area (Å²) in [6.07, 6.45) is -3.03. The summed E-state index contributed by atoms with van der Waals surface area (Å²) >= 11 is 0. The standard InChI is InChI=1S/C15H14F5N3O2/c1-25-14(15(18,19)20)7-22(8-14)13(24)23-12(2-3-21-23)9-4-10(16)6-11(17)5-9/h3-6,12H,2,7-8H2,1H3/t12-/m0/s1. The molecule has 0 unspecified atom stereocenters. The van der Waals surface area contributed by atoms with Gasteiger partial charge in [-0.2, -0.15) is 18.3 Å². The predicted octanol–water partition coefficient (Wildman–Crippen LogP) is 3.08. The van der Waals surface area contributed by atoms with Crippen LogP contribution in [0.1, 0.15) is 18.0 Å². The number of hydrogen-bond donors (Lipinski definition) is 0. The zero-order valence-corrected chi connectivity index (χ0v) is 13.1. The van der Waals surface area contributed by atoms with Crippen molar-refractivity contribution in [2.45, 2.75) is 24.2 Å². The molecular formula is C15H14F5N3O2. The molecule has 3 rings (SSSR count). The van der Waals surface area contributed by atoms with E-state index in [0.717, 1.165) is 29.2 Å². The van der Waals surface area contributed by atoms with Gasteiger partial charge in [0, 0.05) is 25.8 Å². The molecule has 1 aromatic rings. The lowest BCUT2D eigenvalue weighted by Crippen LogP contribution is -2.72. The molecule has 0 bridgehead atoms. The molecule has 2 aliphatic heterocycles. The van der Waals surface area contributed by atoms with E-state index in [2.05, 4.69) is 9.84 Å². The first kappa shape index (κ1) is 17.6. The summed E-state index contributed by atoms with van der Waals surface area (Å²) in [5.74, 6) is -1.62. The molecule has 10 heteroatoms. The van der Waals surface area contributed by atoms with Gasteiger partial charge in [-0.05, 0) is 17.7 Å². The van der Waals surface area contributed by atoms with Crippen LogP contribution in [0.3, 0.4) is 0 Å². The molecule has 0 spiro atoms. The predicted molar refractivity (Wildman–Crippen MR) is 76.8 cm³/mol. The van der Waals surface area contributed by atoms with Crippen molar-refractivity contribution in [3.8, 4) is 0 Å². The molecule has 0 N–H and O–H groups in total. The van der Waals surface area contributed by atoms with Crippen LogP contribution in [0, 0.1) is 11.6 Å². The molecule has 2 heterocycles. The molecule has 2 aliphatic rings. The fourth-order valence-electron chi connectivity index (χ4n) is 2.92. The Morgan fingerprint density at radius 2 is 1.84 bits per heavy atom. The number of carbonyl (C=O) groups is 1. The van der Waals surface area contributed by atoms with Crippen molar-refractivity contribution >= 4 is 12.2 Å². The summed E-state index contributed by atoms with van der Waals surface area (Å²) in [7, 11) is 0.932. The first-order valence-electron chi connectivity index (χ1n) is 7.35. The van der Waals surface area contributed by atoms with E-state index in [4.69, 9.17) is 0 Å². The number of urea groups is 1. The number of rotatable bonds is 2. The minimum absolute atomic E-state index is 0.178. The number of alkyl halides is 3. The monoisotopic (exact) mass is 363 g/mol. The Hall–Kier alpha value is -2.23. The maximum absolute atomic E-state index is 13.4. The highest BCUT2D eigenvalue weighted by Crippen LogP contribution is 2.42. The Kier molecular flexibility index (Phi) is 4.18. The quantitative estimate of drug-likeness (QED) is 0.758. The third-order valence-electron chi connectivity index (χ3n) is 4.37. The van der Waals surface area contributed by atoms with Gasteiger partial charge in [-0.15, -0.1) is 0 Å². The number of hydrogen-bond acceptors (Lipinski definition) is 3. The van der Waals surface area contributed by atoms with Crippen molar-refractivity contribution in [3.05, 3.63) is 35.4 Å². The molecule has 0 aromatic heterocycles. The summed E-state index contributed by atoms with van der Waals surface area (Å²) in [5, 5.41) is 4.78. The number of methoxy groups -OCH3 is 1. The number of carbonyl (C=O) groups excluding carboxylic acids is 1. The minimum atomic E-state index is -4.61. The fraction of sp³-hybridized carbons (Fsp3) is 0.467. The van der Waals surface area contributed by atoms with Gasteiger partial charge in [-0.25, -0.2) is 18.6 Å². The van der Waals surface area contributed by atoms with Crippen molar-refractivity contribution in [3.63, 3.8) is 0 Å². The van der Waals surface area contributed by atoms with Gasteiger partial charge in [-0.3, -0.25) is 0 Å². The molecule has 0 aliphatic carbocycles. The van der Waals surface area contributed by atoms with Crippen molar-refractivity contribution in [1.82, 2.24) is 9.91 Å². The van der Waals surface area contributed by atoms with Crippen LogP contribution in [-0.4, -0.2) is 54.1 Å². The van der Waals surface area contributed by atoms with Crippen molar-refractivity contribution < 1.29 is 31.5 Å². The second kappa shape index (κ2) is 5.94. The molecule has 0 radical (unpaired) electrons. The molecule has 25 heavy (non-hydrogen) atoms. The molecule has 1 saturated heterocycles. The third-order valence-corrected chi connectivity index (χ3v) is 4.37. The fourth-order valence-corrected chi connectivity index (χ4v) is 2.92. The van der Waals surface area contributed by atoms with E-state index in [9.17, 15) is 26.7 Å². The highest BCUT2D eigenvalue weighted by molar-refractivity contribution is 5.79. The summed E-state index contributed by atoms with van der Waals surface area (Å²) in [4.78, 5) is 13.4. The minimum Gasteiger partial charge on any atom is -0.365 e. The zero-order valence-electron chi connectivity index (χ0n) is 13.1. The van der Waals surface area contributed by atoms with E-state index in [1.807, 2.05) is 0 Å². The zero-order chi connectivity index (χ0) is 18.4. The van der Waals surface area contributed by atoms with E-state index in [1.165, 1.54) is 6.21 Å². The smallest absolute Gasteiger partial charge is 0.365 e. The van der Waals surface area contributed by atoms with Gasteiger partial charge in [0.25, 0.3) is 0 Å². The molecule has 0 saturated carbocycles. The van der Waals surface area contributed by atoms with Gasteiger partial charge in [0.05, 0.1) is 19.1 Å². The Morgan fingerprint density at radius 1 is 1.24 bits per heavy atom. The number of benzene rings is 1. The highest BCUT2D eigenvalue weighted by atomic mass is 19.4. The van der Waals surface area contributed by atoms with Crippen LogP contribution >= 0.6 is 0 Å². The molecule has 1 aromatic carbocycles.